The Balaban J connectivity index is 0.000000708. The molecule has 0 aliphatic carbocycles. The predicted octanol–water partition coefficient (Wildman–Crippen LogP) is 3.78. The second-order valence-corrected chi connectivity index (χ2v) is 11.5. The van der Waals surface area contributed by atoms with Crippen LogP contribution in [0.1, 0.15) is 24.0 Å². The van der Waals surface area contributed by atoms with Gasteiger partial charge in [-0.3, -0.25) is 9.79 Å². The highest BCUT2D eigenvalue weighted by Gasteiger charge is 2.38. The molecule has 1 aliphatic rings. The van der Waals surface area contributed by atoms with Crippen LogP contribution >= 0.6 is 23.2 Å². The molecule has 220 valence electrons. The van der Waals surface area contributed by atoms with Gasteiger partial charge in [-0.25, -0.2) is 13.2 Å². The molecule has 9 nitrogen and oxygen atoms in total. The molecule has 3 N–H and O–H groups in total. The number of benzene rings is 2. The summed E-state index contributed by atoms with van der Waals surface area (Å²) in [4.78, 5) is 27.5. The molecule has 1 aliphatic heterocycles. The van der Waals surface area contributed by atoms with Crippen LogP contribution in [0.5, 0.6) is 0 Å². The SMILES string of the molecule is CN(CCc1ccc(C2=NCCN2)cc1)C(=O)CCCNCS(=O)(=O)c1ccc(Cl)c(Cl)c1.O=C(O)C(F)(F)F. The van der Waals surface area contributed by atoms with Crippen molar-refractivity contribution in [2.75, 3.05) is 39.1 Å². The Hall–Kier alpha value is -2.87. The Labute approximate surface area is 240 Å². The Morgan fingerprint density at radius 1 is 1.12 bits per heavy atom. The van der Waals surface area contributed by atoms with E-state index >= 15 is 0 Å². The van der Waals surface area contributed by atoms with Crippen molar-refractivity contribution in [3.63, 3.8) is 0 Å². The van der Waals surface area contributed by atoms with Gasteiger partial charge in [0.05, 0.1) is 21.5 Å². The van der Waals surface area contributed by atoms with Crippen molar-refractivity contribution in [2.45, 2.75) is 30.3 Å². The molecule has 0 aromatic heterocycles. The van der Waals surface area contributed by atoms with Gasteiger partial charge in [-0.05, 0) is 43.1 Å². The first-order valence-electron chi connectivity index (χ1n) is 12.0. The molecule has 0 saturated carbocycles. The topological polar surface area (TPSA) is 128 Å². The first kappa shape index (κ1) is 33.3. The molecule has 40 heavy (non-hydrogen) atoms. The van der Waals surface area contributed by atoms with E-state index in [9.17, 15) is 26.4 Å². The van der Waals surface area contributed by atoms with E-state index in [4.69, 9.17) is 33.1 Å². The summed E-state index contributed by atoms with van der Waals surface area (Å²) in [6.07, 6.45) is -3.42. The average Bonchev–Trinajstić information content (AvgIpc) is 3.43. The van der Waals surface area contributed by atoms with E-state index in [1.165, 1.54) is 18.2 Å². The summed E-state index contributed by atoms with van der Waals surface area (Å²) in [6, 6.07) is 12.5. The van der Waals surface area contributed by atoms with Crippen molar-refractivity contribution < 1.29 is 36.3 Å². The summed E-state index contributed by atoms with van der Waals surface area (Å²) in [6.45, 7) is 2.73. The highest BCUT2D eigenvalue weighted by atomic mass is 35.5. The van der Waals surface area contributed by atoms with E-state index in [0.717, 1.165) is 36.5 Å². The number of carboxylic acid groups (broad SMARTS) is 1. The molecule has 0 radical (unpaired) electrons. The molecule has 2 aromatic carbocycles. The number of sulfone groups is 1. The van der Waals surface area contributed by atoms with Gasteiger partial charge in [0.2, 0.25) is 5.91 Å². The van der Waals surface area contributed by atoms with Gasteiger partial charge in [-0.15, -0.1) is 0 Å². The van der Waals surface area contributed by atoms with E-state index < -0.39 is 22.0 Å². The molecule has 3 rings (SSSR count). The number of nitrogens with one attached hydrogen (secondary N) is 2. The third-order valence-corrected chi connectivity index (χ3v) is 7.89. The minimum absolute atomic E-state index is 0.0327. The van der Waals surface area contributed by atoms with Gasteiger partial charge >= 0.3 is 12.1 Å². The standard InChI is InChI=1S/C23H28Cl2N4O3S.C2HF3O2/c1-29(14-10-17-4-6-18(7-5-17)23-27-12-13-28-23)22(30)3-2-11-26-16-33(31,32)19-8-9-20(24)21(25)15-19;3-2(4,5)1(6)7/h4-9,15,26H,2-3,10-14,16H2,1H3,(H,27,28);(H,6,7). The first-order chi connectivity index (χ1) is 18.7. The van der Waals surface area contributed by atoms with Crippen molar-refractivity contribution >= 4 is 50.8 Å². The lowest BCUT2D eigenvalue weighted by atomic mass is 10.1. The van der Waals surface area contributed by atoms with Gasteiger partial charge in [0, 0.05) is 32.1 Å². The summed E-state index contributed by atoms with van der Waals surface area (Å²) < 4.78 is 56.5. The van der Waals surface area contributed by atoms with Gasteiger partial charge in [0.1, 0.15) is 11.7 Å². The molecule has 0 saturated heterocycles. The van der Waals surface area contributed by atoms with Crippen LogP contribution in [-0.2, 0) is 25.8 Å². The number of halogens is 5. The van der Waals surface area contributed by atoms with Gasteiger partial charge in [0.25, 0.3) is 0 Å². The minimum Gasteiger partial charge on any atom is -0.475 e. The van der Waals surface area contributed by atoms with Crippen LogP contribution < -0.4 is 10.6 Å². The third-order valence-electron chi connectivity index (χ3n) is 5.59. The summed E-state index contributed by atoms with van der Waals surface area (Å²) in [5, 5.41) is 13.8. The number of carbonyl (C=O) groups is 2. The Kier molecular flexibility index (Phi) is 12.7. The number of alkyl halides is 3. The largest absolute Gasteiger partial charge is 0.490 e. The lowest BCUT2D eigenvalue weighted by molar-refractivity contribution is -0.192. The summed E-state index contributed by atoms with van der Waals surface area (Å²) in [5.74, 6) is -2.02. The molecule has 1 heterocycles. The highest BCUT2D eigenvalue weighted by Crippen LogP contribution is 2.25. The highest BCUT2D eigenvalue weighted by molar-refractivity contribution is 7.91. The summed E-state index contributed by atoms with van der Waals surface area (Å²) >= 11 is 11.7. The van der Waals surface area contributed by atoms with Crippen LogP contribution in [0.4, 0.5) is 13.2 Å². The van der Waals surface area contributed by atoms with E-state index in [0.29, 0.717) is 31.0 Å². The maximum absolute atomic E-state index is 12.4. The number of rotatable bonds is 11. The molecule has 0 unspecified atom stereocenters. The molecule has 15 heteroatoms. The average molecular weight is 625 g/mol. The van der Waals surface area contributed by atoms with Gasteiger partial charge in [0.15, 0.2) is 9.84 Å². The number of hydrogen-bond donors (Lipinski definition) is 3. The molecular formula is C25H29Cl2F3N4O5S. The van der Waals surface area contributed by atoms with Crippen LogP contribution in [0.2, 0.25) is 10.0 Å². The molecule has 0 spiro atoms. The number of nitrogens with zero attached hydrogens (tertiary/aromatic N) is 2. The van der Waals surface area contributed by atoms with Crippen LogP contribution in [0, 0.1) is 0 Å². The fourth-order valence-corrected chi connectivity index (χ4v) is 4.87. The van der Waals surface area contributed by atoms with E-state index in [2.05, 4.69) is 27.8 Å². The number of aliphatic carboxylic acids is 1. The normalized spacial score (nSPS) is 13.1. The number of carboxylic acids is 1. The number of aliphatic imine (C=N–C) groups is 1. The number of amidine groups is 1. The molecule has 0 atom stereocenters. The van der Waals surface area contributed by atoms with Gasteiger partial charge in [-0.1, -0.05) is 47.5 Å². The van der Waals surface area contributed by atoms with Crippen LogP contribution in [0.15, 0.2) is 52.4 Å². The summed E-state index contributed by atoms with van der Waals surface area (Å²) in [5.41, 5.74) is 2.24. The maximum atomic E-state index is 12.4. The zero-order valence-electron chi connectivity index (χ0n) is 21.5. The fraction of sp³-hybridized carbons (Fsp3) is 0.400. The van der Waals surface area contributed by atoms with Crippen LogP contribution in [0.25, 0.3) is 0 Å². The Morgan fingerprint density at radius 3 is 2.33 bits per heavy atom. The molecule has 1 amide bonds. The van der Waals surface area contributed by atoms with Crippen LogP contribution in [-0.4, -0.2) is 81.4 Å². The summed E-state index contributed by atoms with van der Waals surface area (Å²) in [7, 11) is -1.74. The fourth-order valence-electron chi connectivity index (χ4n) is 3.36. The van der Waals surface area contributed by atoms with E-state index in [-0.39, 0.29) is 21.7 Å². The lowest BCUT2D eigenvalue weighted by Gasteiger charge is -2.17. The first-order valence-corrected chi connectivity index (χ1v) is 14.4. The van der Waals surface area contributed by atoms with Crippen molar-refractivity contribution in [3.8, 4) is 0 Å². The zero-order valence-corrected chi connectivity index (χ0v) is 23.8. The van der Waals surface area contributed by atoms with Crippen LogP contribution in [0.3, 0.4) is 0 Å². The van der Waals surface area contributed by atoms with Gasteiger partial charge in [-0.2, -0.15) is 13.2 Å². The lowest BCUT2D eigenvalue weighted by Crippen LogP contribution is -2.30. The maximum Gasteiger partial charge on any atom is 0.490 e. The molecule has 0 fully saturated rings. The predicted molar refractivity (Wildman–Crippen MR) is 147 cm³/mol. The smallest absolute Gasteiger partial charge is 0.475 e. The van der Waals surface area contributed by atoms with Crippen molar-refractivity contribution in [1.82, 2.24) is 15.5 Å². The van der Waals surface area contributed by atoms with Crippen molar-refractivity contribution in [2.24, 2.45) is 4.99 Å². The molecule has 2 aromatic rings. The third kappa shape index (κ3) is 11.0. The van der Waals surface area contributed by atoms with E-state index in [1.807, 2.05) is 12.1 Å². The molecular weight excluding hydrogens is 596 g/mol. The number of likely N-dealkylation sites (N-methyl/N-ethyl adjacent to an activating group) is 1. The number of hydrogen-bond acceptors (Lipinski definition) is 7. The second kappa shape index (κ2) is 15.2. The Bertz CT molecular complexity index is 1310. The molecule has 0 bridgehead atoms. The van der Waals surface area contributed by atoms with Crippen molar-refractivity contribution in [1.29, 1.82) is 0 Å². The number of amides is 1. The quantitative estimate of drug-likeness (QED) is 0.325. The Morgan fingerprint density at radius 2 is 1.77 bits per heavy atom. The zero-order chi connectivity index (χ0) is 29.9. The number of carbonyl (C=O) groups excluding carboxylic acids is 1. The monoisotopic (exact) mass is 624 g/mol. The minimum atomic E-state index is -5.08. The second-order valence-electron chi connectivity index (χ2n) is 8.66. The van der Waals surface area contributed by atoms with E-state index in [1.54, 1.807) is 11.9 Å². The van der Waals surface area contributed by atoms with Crippen molar-refractivity contribution in [3.05, 3.63) is 63.6 Å². The van der Waals surface area contributed by atoms with Gasteiger partial charge < -0.3 is 20.6 Å².